The van der Waals surface area contributed by atoms with Gasteiger partial charge in [0.2, 0.25) is 0 Å². The third-order valence-electron chi connectivity index (χ3n) is 3.05. The van der Waals surface area contributed by atoms with E-state index in [-0.39, 0.29) is 5.69 Å². The molecule has 3 N–H and O–H groups in total. The number of thiophene rings is 1. The largest absolute Gasteiger partial charge is 0.495 e. The average molecular weight is 355 g/mol. The van der Waals surface area contributed by atoms with Gasteiger partial charge in [-0.25, -0.2) is 4.79 Å². The Bertz CT molecular complexity index is 820. The van der Waals surface area contributed by atoms with Crippen LogP contribution in [0.15, 0.2) is 32.8 Å². The summed E-state index contributed by atoms with van der Waals surface area (Å²) in [5.41, 5.74) is 1.75. The quantitative estimate of drug-likeness (QED) is 0.676. The van der Waals surface area contributed by atoms with Crippen LogP contribution in [0.5, 0.6) is 5.75 Å². The first-order valence-electron chi connectivity index (χ1n) is 5.81. The second-order valence-corrected chi connectivity index (χ2v) is 6.06. The molecule has 0 amide bonds. The van der Waals surface area contributed by atoms with Gasteiger partial charge < -0.3 is 19.8 Å². The molecule has 3 rings (SSSR count). The molecular weight excluding hydrogens is 344 g/mol. The van der Waals surface area contributed by atoms with E-state index >= 15 is 0 Å². The van der Waals surface area contributed by atoms with Gasteiger partial charge >= 0.3 is 5.69 Å². The van der Waals surface area contributed by atoms with Crippen molar-refractivity contribution in [1.82, 2.24) is 9.97 Å². The lowest BCUT2D eigenvalue weighted by atomic mass is 10.1. The zero-order valence-electron chi connectivity index (χ0n) is 10.4. The van der Waals surface area contributed by atoms with Crippen molar-refractivity contribution in [3.05, 3.63) is 49.0 Å². The summed E-state index contributed by atoms with van der Waals surface area (Å²) in [6.07, 6.45) is -0.817. The predicted octanol–water partition coefficient (Wildman–Crippen LogP) is 2.77. The Kier molecular flexibility index (Phi) is 3.41. The molecule has 0 fully saturated rings. The van der Waals surface area contributed by atoms with Crippen molar-refractivity contribution in [1.29, 1.82) is 0 Å². The first-order chi connectivity index (χ1) is 9.60. The fraction of sp³-hybridized carbons (Fsp3) is 0.154. The monoisotopic (exact) mass is 354 g/mol. The molecular formula is C13H11BrN2O3S. The lowest BCUT2D eigenvalue weighted by molar-refractivity contribution is 0.218. The summed E-state index contributed by atoms with van der Waals surface area (Å²) >= 11 is 4.85. The zero-order valence-corrected chi connectivity index (χ0v) is 12.8. The van der Waals surface area contributed by atoms with E-state index < -0.39 is 6.10 Å². The second kappa shape index (κ2) is 5.08. The highest BCUT2D eigenvalue weighted by Crippen LogP contribution is 2.38. The first kappa shape index (κ1) is 13.4. The number of imidazole rings is 1. The molecule has 5 nitrogen and oxygen atoms in total. The highest BCUT2D eigenvalue weighted by atomic mass is 79.9. The van der Waals surface area contributed by atoms with Crippen LogP contribution in [0.25, 0.3) is 11.0 Å². The number of methoxy groups -OCH3 is 1. The van der Waals surface area contributed by atoms with Crippen LogP contribution >= 0.6 is 27.3 Å². The highest BCUT2D eigenvalue weighted by molar-refractivity contribution is 9.10. The van der Waals surface area contributed by atoms with Crippen molar-refractivity contribution >= 4 is 38.3 Å². The number of ether oxygens (including phenoxy) is 1. The zero-order chi connectivity index (χ0) is 14.3. The predicted molar refractivity (Wildman–Crippen MR) is 81.6 cm³/mol. The molecule has 0 aliphatic heterocycles. The van der Waals surface area contributed by atoms with Gasteiger partial charge in [0, 0.05) is 10.0 Å². The van der Waals surface area contributed by atoms with E-state index in [1.165, 1.54) is 11.3 Å². The average Bonchev–Trinajstić information content (AvgIpc) is 3.01. The van der Waals surface area contributed by atoms with Crippen LogP contribution in [0.1, 0.15) is 16.5 Å². The van der Waals surface area contributed by atoms with Gasteiger partial charge in [-0.15, -0.1) is 11.3 Å². The molecule has 0 spiro atoms. The number of aliphatic hydroxyl groups excluding tert-OH is 1. The number of hydrogen-bond donors (Lipinski definition) is 3. The summed E-state index contributed by atoms with van der Waals surface area (Å²) in [5, 5.41) is 12.4. The van der Waals surface area contributed by atoms with Crippen LogP contribution in [0.4, 0.5) is 0 Å². The third kappa shape index (κ3) is 2.17. The van der Waals surface area contributed by atoms with Crippen molar-refractivity contribution in [2.45, 2.75) is 6.10 Å². The Morgan fingerprint density at radius 2 is 2.05 bits per heavy atom. The maximum Gasteiger partial charge on any atom is 0.323 e. The Morgan fingerprint density at radius 1 is 1.35 bits per heavy atom. The number of benzene rings is 1. The van der Waals surface area contributed by atoms with E-state index in [9.17, 15) is 9.90 Å². The smallest absolute Gasteiger partial charge is 0.323 e. The van der Waals surface area contributed by atoms with E-state index in [2.05, 4.69) is 25.9 Å². The van der Waals surface area contributed by atoms with Gasteiger partial charge in [-0.05, 0) is 23.6 Å². The molecule has 0 bridgehead atoms. The lowest BCUT2D eigenvalue weighted by Crippen LogP contribution is -2.00. The molecule has 0 saturated carbocycles. The normalized spacial score (nSPS) is 12.8. The Hall–Kier alpha value is -1.57. The Balaban J connectivity index is 2.13. The molecule has 0 saturated heterocycles. The molecule has 7 heteroatoms. The van der Waals surface area contributed by atoms with Crippen molar-refractivity contribution in [2.24, 2.45) is 0 Å². The van der Waals surface area contributed by atoms with Crippen LogP contribution in [-0.2, 0) is 0 Å². The van der Waals surface area contributed by atoms with Crippen LogP contribution in [0.2, 0.25) is 0 Å². The van der Waals surface area contributed by atoms with E-state index in [1.807, 2.05) is 11.4 Å². The van der Waals surface area contributed by atoms with Crippen LogP contribution < -0.4 is 10.4 Å². The van der Waals surface area contributed by atoms with E-state index in [4.69, 9.17) is 4.74 Å². The topological polar surface area (TPSA) is 78.1 Å². The van der Waals surface area contributed by atoms with Crippen LogP contribution in [0, 0.1) is 0 Å². The van der Waals surface area contributed by atoms with Crippen molar-refractivity contribution < 1.29 is 9.84 Å². The summed E-state index contributed by atoms with van der Waals surface area (Å²) < 4.78 is 5.96. The van der Waals surface area contributed by atoms with Gasteiger partial charge in [-0.2, -0.15) is 0 Å². The fourth-order valence-corrected chi connectivity index (χ4v) is 3.52. The van der Waals surface area contributed by atoms with Gasteiger partial charge in [0.05, 0.1) is 23.0 Å². The standard InChI is InChI=1S/C13H11BrN2O3S/c1-19-10-2-3-20-12(10)11(17)6-4-8-9(5-7(6)14)16-13(18)15-8/h2-5,11,17H,1H3,(H2,15,16,18). The number of aromatic amines is 2. The second-order valence-electron chi connectivity index (χ2n) is 4.25. The maximum absolute atomic E-state index is 11.3. The Labute approximate surface area is 126 Å². The molecule has 2 aromatic heterocycles. The summed E-state index contributed by atoms with van der Waals surface area (Å²) in [5.74, 6) is 0.650. The summed E-state index contributed by atoms with van der Waals surface area (Å²) in [6.45, 7) is 0. The first-order valence-corrected chi connectivity index (χ1v) is 7.48. The van der Waals surface area contributed by atoms with Gasteiger partial charge in [-0.3, -0.25) is 0 Å². The summed E-state index contributed by atoms with van der Waals surface area (Å²) in [4.78, 5) is 17.4. The molecule has 0 aliphatic rings. The maximum atomic E-state index is 11.3. The number of halogens is 1. The van der Waals surface area contributed by atoms with E-state index in [0.717, 1.165) is 9.35 Å². The molecule has 0 aliphatic carbocycles. The number of rotatable bonds is 3. The number of H-pyrrole nitrogens is 2. The van der Waals surface area contributed by atoms with Gasteiger partial charge in [0.25, 0.3) is 0 Å². The van der Waals surface area contributed by atoms with Crippen LogP contribution in [-0.4, -0.2) is 22.2 Å². The van der Waals surface area contributed by atoms with Gasteiger partial charge in [-0.1, -0.05) is 15.9 Å². The lowest BCUT2D eigenvalue weighted by Gasteiger charge is -2.13. The number of hydrogen-bond acceptors (Lipinski definition) is 4. The third-order valence-corrected chi connectivity index (χ3v) is 4.69. The number of aromatic nitrogens is 2. The number of fused-ring (bicyclic) bond motifs is 1. The molecule has 3 aromatic rings. The molecule has 0 radical (unpaired) electrons. The van der Waals surface area contributed by atoms with Gasteiger partial charge in [0.15, 0.2) is 0 Å². The molecule has 1 atom stereocenters. The van der Waals surface area contributed by atoms with Crippen molar-refractivity contribution in [3.8, 4) is 5.75 Å². The van der Waals surface area contributed by atoms with Gasteiger partial charge in [0.1, 0.15) is 11.9 Å². The summed E-state index contributed by atoms with van der Waals surface area (Å²) in [7, 11) is 1.57. The molecule has 104 valence electrons. The minimum Gasteiger partial charge on any atom is -0.495 e. The molecule has 20 heavy (non-hydrogen) atoms. The van der Waals surface area contributed by atoms with Crippen molar-refractivity contribution in [3.63, 3.8) is 0 Å². The minimum absolute atomic E-state index is 0.271. The van der Waals surface area contributed by atoms with Crippen LogP contribution in [0.3, 0.4) is 0 Å². The SMILES string of the molecule is COc1ccsc1C(O)c1cc2[nH]c(=O)[nH]c2cc1Br. The molecule has 1 unspecified atom stereocenters. The van der Waals surface area contributed by atoms with E-state index in [0.29, 0.717) is 22.3 Å². The Morgan fingerprint density at radius 3 is 2.75 bits per heavy atom. The molecule has 2 heterocycles. The highest BCUT2D eigenvalue weighted by Gasteiger charge is 2.20. The molecule has 1 aromatic carbocycles. The minimum atomic E-state index is -0.817. The fourth-order valence-electron chi connectivity index (χ4n) is 2.10. The van der Waals surface area contributed by atoms with E-state index in [1.54, 1.807) is 19.2 Å². The number of aliphatic hydroxyl groups is 1. The summed E-state index contributed by atoms with van der Waals surface area (Å²) in [6, 6.07) is 5.33. The number of nitrogens with one attached hydrogen (secondary N) is 2. The van der Waals surface area contributed by atoms with Crippen molar-refractivity contribution in [2.75, 3.05) is 7.11 Å².